The van der Waals surface area contributed by atoms with Crippen LogP contribution in [0.15, 0.2) is 158 Å². The molecule has 0 fully saturated rings. The fraction of sp³-hybridized carbons (Fsp3) is 0.0250. The van der Waals surface area contributed by atoms with Gasteiger partial charge < -0.3 is 9.47 Å². The summed E-state index contributed by atoms with van der Waals surface area (Å²) >= 11 is 0. The summed E-state index contributed by atoms with van der Waals surface area (Å²) in [7, 11) is 0. The van der Waals surface area contributed by atoms with Crippen LogP contribution in [0.3, 0.4) is 0 Å². The molecule has 0 spiro atoms. The van der Waals surface area contributed by atoms with E-state index in [1.54, 1.807) is 0 Å². The van der Waals surface area contributed by atoms with E-state index in [2.05, 4.69) is 131 Å². The molecule has 7 rings (SSSR count). The minimum absolute atomic E-state index is 0.654. The molecule has 204 valence electrons. The molecule has 3 heteroatoms. The third-order valence-corrected chi connectivity index (χ3v) is 8.04. The smallest absolute Gasteiger partial charge is 0.0991 e. The molecule has 0 saturated carbocycles. The molecule has 0 radical (unpaired) electrons. The second-order valence-corrected chi connectivity index (χ2v) is 10.6. The number of fused-ring (bicyclic) bond motifs is 5. The molecule has 0 atom stereocenters. The molecule has 0 N–H and O–H groups in total. The Labute approximate surface area is 252 Å². The van der Waals surface area contributed by atoms with Crippen molar-refractivity contribution in [2.75, 3.05) is 4.90 Å². The highest BCUT2D eigenvalue weighted by Crippen LogP contribution is 2.51. The molecule has 1 aliphatic heterocycles. The van der Waals surface area contributed by atoms with Gasteiger partial charge in [0.1, 0.15) is 0 Å². The third kappa shape index (κ3) is 4.38. The first-order chi connectivity index (χ1) is 21.2. The van der Waals surface area contributed by atoms with E-state index in [4.69, 9.17) is 6.58 Å². The largest absolute Gasteiger partial charge is 0.309 e. The van der Waals surface area contributed by atoms with Gasteiger partial charge in [0.15, 0.2) is 0 Å². The summed E-state index contributed by atoms with van der Waals surface area (Å²) < 4.78 is 2.34. The minimum atomic E-state index is 0.654. The van der Waals surface area contributed by atoms with Crippen LogP contribution in [-0.4, -0.2) is 4.57 Å². The van der Waals surface area contributed by atoms with Crippen molar-refractivity contribution in [2.45, 2.75) is 6.92 Å². The monoisotopic (exact) mass is 551 g/mol. The van der Waals surface area contributed by atoms with Gasteiger partial charge in [-0.05, 0) is 72.7 Å². The number of nitriles is 1. The number of anilines is 2. The number of benzene rings is 5. The molecule has 5 aromatic carbocycles. The van der Waals surface area contributed by atoms with Gasteiger partial charge in [-0.15, -0.1) is 0 Å². The Morgan fingerprint density at radius 1 is 0.721 bits per heavy atom. The van der Waals surface area contributed by atoms with Gasteiger partial charge in [-0.3, -0.25) is 0 Å². The van der Waals surface area contributed by atoms with Crippen molar-refractivity contribution >= 4 is 27.9 Å². The predicted molar refractivity (Wildman–Crippen MR) is 179 cm³/mol. The van der Waals surface area contributed by atoms with Gasteiger partial charge in [-0.25, -0.2) is 0 Å². The van der Waals surface area contributed by atoms with Crippen LogP contribution in [0, 0.1) is 11.3 Å². The Morgan fingerprint density at radius 3 is 2.26 bits per heavy atom. The maximum atomic E-state index is 9.40. The lowest BCUT2D eigenvalue weighted by atomic mass is 9.98. The van der Waals surface area contributed by atoms with E-state index in [9.17, 15) is 5.26 Å². The summed E-state index contributed by atoms with van der Waals surface area (Å²) in [4.78, 5) is 2.32. The van der Waals surface area contributed by atoms with E-state index in [-0.39, 0.29) is 0 Å². The van der Waals surface area contributed by atoms with Gasteiger partial charge >= 0.3 is 0 Å². The molecule has 0 saturated heterocycles. The van der Waals surface area contributed by atoms with Crippen molar-refractivity contribution in [3.63, 3.8) is 0 Å². The highest BCUT2D eigenvalue weighted by atomic mass is 15.2. The van der Waals surface area contributed by atoms with Crippen molar-refractivity contribution in [3.8, 4) is 34.0 Å². The Morgan fingerprint density at radius 2 is 1.47 bits per heavy atom. The average molecular weight is 552 g/mol. The Hall–Kier alpha value is -5.85. The molecule has 6 aromatic rings. The molecular formula is C40H29N3. The lowest BCUT2D eigenvalue weighted by Crippen LogP contribution is -2.17. The Bertz CT molecular complexity index is 2100. The van der Waals surface area contributed by atoms with Crippen LogP contribution in [0.4, 0.5) is 11.4 Å². The second-order valence-electron chi connectivity index (χ2n) is 10.6. The van der Waals surface area contributed by atoms with Crippen molar-refractivity contribution in [2.24, 2.45) is 0 Å². The molecule has 1 aliphatic rings. The normalized spacial score (nSPS) is 13.6. The summed E-state index contributed by atoms with van der Waals surface area (Å²) in [5, 5.41) is 10.6. The topological polar surface area (TPSA) is 32.0 Å². The van der Waals surface area contributed by atoms with Crippen molar-refractivity contribution in [3.05, 3.63) is 169 Å². The van der Waals surface area contributed by atoms with E-state index < -0.39 is 0 Å². The van der Waals surface area contributed by atoms with Crippen LogP contribution in [-0.2, 0) is 0 Å². The Balaban J connectivity index is 1.51. The molecule has 0 aliphatic carbocycles. The van der Waals surface area contributed by atoms with Crippen LogP contribution in [0.5, 0.6) is 0 Å². The van der Waals surface area contributed by atoms with Crippen LogP contribution in [0.2, 0.25) is 0 Å². The lowest BCUT2D eigenvalue weighted by Gasteiger charge is -2.28. The minimum Gasteiger partial charge on any atom is -0.309 e. The zero-order valence-electron chi connectivity index (χ0n) is 23.9. The molecule has 0 amide bonds. The van der Waals surface area contributed by atoms with E-state index in [0.717, 1.165) is 56.2 Å². The van der Waals surface area contributed by atoms with Crippen molar-refractivity contribution in [1.82, 2.24) is 4.57 Å². The zero-order valence-corrected chi connectivity index (χ0v) is 23.9. The standard InChI is InChI=1S/C40H29N3/c1-3-4-19-36-28(2)40-39(34-17-8-10-20-37(34)42(36)32-15-6-5-7-16-32)35-18-9-11-21-38(35)43(40)33-24-22-30(23-25-33)31-14-12-13-29(26-31)27-41/h3-26H,2H2,1H3/b4-3-,36-19+. The zero-order chi connectivity index (χ0) is 29.3. The summed E-state index contributed by atoms with van der Waals surface area (Å²) in [5.41, 5.74) is 12.5. The molecule has 3 nitrogen and oxygen atoms in total. The van der Waals surface area contributed by atoms with Gasteiger partial charge in [0.2, 0.25) is 0 Å². The van der Waals surface area contributed by atoms with Gasteiger partial charge in [-0.1, -0.05) is 97.6 Å². The summed E-state index contributed by atoms with van der Waals surface area (Å²) in [6.07, 6.45) is 6.30. The number of para-hydroxylation sites is 3. The number of allylic oxidation sites excluding steroid dienone is 4. The molecule has 2 heterocycles. The number of hydrogen-bond donors (Lipinski definition) is 0. The fourth-order valence-corrected chi connectivity index (χ4v) is 6.12. The first kappa shape index (κ1) is 26.1. The Kier molecular flexibility index (Phi) is 6.58. The predicted octanol–water partition coefficient (Wildman–Crippen LogP) is 10.5. The van der Waals surface area contributed by atoms with Gasteiger partial charge in [0.25, 0.3) is 0 Å². The number of nitrogens with zero attached hydrogens (tertiary/aromatic N) is 3. The third-order valence-electron chi connectivity index (χ3n) is 8.04. The number of hydrogen-bond acceptors (Lipinski definition) is 2. The van der Waals surface area contributed by atoms with Gasteiger partial charge in [0.05, 0.1) is 34.2 Å². The van der Waals surface area contributed by atoms with E-state index in [1.807, 2.05) is 37.3 Å². The fourth-order valence-electron chi connectivity index (χ4n) is 6.12. The number of rotatable bonds is 4. The first-order valence-electron chi connectivity index (χ1n) is 14.4. The molecular weight excluding hydrogens is 522 g/mol. The van der Waals surface area contributed by atoms with Crippen LogP contribution >= 0.6 is 0 Å². The summed E-state index contributed by atoms with van der Waals surface area (Å²) in [5.74, 6) is 0. The SMILES string of the molecule is C=C1/C(=C\C=C/C)N(c2ccccc2)c2ccccc2-c2c1n(-c1ccc(-c3cccc(C#N)c3)cc1)c1ccccc21. The maximum absolute atomic E-state index is 9.40. The van der Waals surface area contributed by atoms with E-state index >= 15 is 0 Å². The van der Waals surface area contributed by atoms with Crippen LogP contribution in [0.25, 0.3) is 44.4 Å². The summed E-state index contributed by atoms with van der Waals surface area (Å²) in [6, 6.07) is 46.3. The van der Waals surface area contributed by atoms with Crippen LogP contribution < -0.4 is 4.90 Å². The van der Waals surface area contributed by atoms with Crippen molar-refractivity contribution < 1.29 is 0 Å². The maximum Gasteiger partial charge on any atom is 0.0991 e. The van der Waals surface area contributed by atoms with Crippen LogP contribution in [0.1, 0.15) is 18.2 Å². The molecule has 0 bridgehead atoms. The molecule has 0 unspecified atom stereocenters. The quantitative estimate of drug-likeness (QED) is 0.218. The highest BCUT2D eigenvalue weighted by molar-refractivity contribution is 6.11. The summed E-state index contributed by atoms with van der Waals surface area (Å²) in [6.45, 7) is 6.81. The van der Waals surface area contributed by atoms with E-state index in [0.29, 0.717) is 5.56 Å². The number of aromatic nitrogens is 1. The second kappa shape index (κ2) is 10.9. The van der Waals surface area contributed by atoms with Crippen molar-refractivity contribution in [1.29, 1.82) is 5.26 Å². The molecule has 1 aromatic heterocycles. The van der Waals surface area contributed by atoms with Gasteiger partial charge in [0, 0.05) is 33.5 Å². The first-order valence-corrected chi connectivity index (χ1v) is 14.4. The highest BCUT2D eigenvalue weighted by Gasteiger charge is 2.32. The van der Waals surface area contributed by atoms with Gasteiger partial charge in [-0.2, -0.15) is 5.26 Å². The lowest BCUT2D eigenvalue weighted by molar-refractivity contribution is 1.09. The molecule has 43 heavy (non-hydrogen) atoms. The average Bonchev–Trinajstić information content (AvgIpc) is 3.37. The van der Waals surface area contributed by atoms with E-state index in [1.165, 1.54) is 10.9 Å².